The summed E-state index contributed by atoms with van der Waals surface area (Å²) < 4.78 is 10.9. The molecule has 3 amide bonds. The zero-order valence-electron chi connectivity index (χ0n) is 18.8. The summed E-state index contributed by atoms with van der Waals surface area (Å²) in [6.07, 6.45) is -6.26. The number of amides is 3. The molecule has 0 radical (unpaired) electrons. The molecule has 1 saturated heterocycles. The lowest BCUT2D eigenvalue weighted by Crippen LogP contribution is -2.65. The van der Waals surface area contributed by atoms with E-state index < -0.39 is 79.1 Å². The van der Waals surface area contributed by atoms with Crippen molar-refractivity contribution >= 4 is 23.7 Å². The van der Waals surface area contributed by atoms with Crippen molar-refractivity contribution in [3.8, 4) is 0 Å². The van der Waals surface area contributed by atoms with E-state index in [0.29, 0.717) is 0 Å². The van der Waals surface area contributed by atoms with Gasteiger partial charge in [0.2, 0.25) is 17.7 Å². The maximum absolute atomic E-state index is 12.3. The third-order valence-electron chi connectivity index (χ3n) is 5.04. The van der Waals surface area contributed by atoms with Crippen molar-refractivity contribution in [1.29, 1.82) is 0 Å². The van der Waals surface area contributed by atoms with Crippen molar-refractivity contribution in [2.24, 2.45) is 5.73 Å². The standard InChI is InChI=1S/C19H34N4O10/c1-8(6-21-9(2)18(30)23-11(17(20)29)4-5-13(26)27)32-16-14(22-10(3)25)19(31)33-12(7-24)15(16)28/h8-9,11-12,14-16,19,21,24,28,31H,4-7H2,1-3H3,(H2,20,29)(H,22,25)(H,23,30)(H,26,27)/t8?,9-,11-,12+,14+,15+,16+,19-/m0/s1. The number of aliphatic carboxylic acids is 1. The van der Waals surface area contributed by atoms with E-state index in [4.69, 9.17) is 20.3 Å². The van der Waals surface area contributed by atoms with Crippen LogP contribution in [0.1, 0.15) is 33.6 Å². The highest BCUT2D eigenvalue weighted by atomic mass is 16.6. The number of carbonyl (C=O) groups is 4. The van der Waals surface area contributed by atoms with E-state index in [0.717, 1.165) is 0 Å². The van der Waals surface area contributed by atoms with Crippen LogP contribution in [0.4, 0.5) is 0 Å². The summed E-state index contributed by atoms with van der Waals surface area (Å²) in [5.41, 5.74) is 5.20. The summed E-state index contributed by atoms with van der Waals surface area (Å²) in [6.45, 7) is 3.84. The fraction of sp³-hybridized carbons (Fsp3) is 0.789. The zero-order chi connectivity index (χ0) is 25.3. The first-order chi connectivity index (χ1) is 15.4. The van der Waals surface area contributed by atoms with Gasteiger partial charge >= 0.3 is 5.97 Å². The molecular weight excluding hydrogens is 444 g/mol. The molecule has 0 aromatic carbocycles. The second kappa shape index (κ2) is 13.4. The Bertz CT molecular complexity index is 693. The Morgan fingerprint density at radius 2 is 1.82 bits per heavy atom. The van der Waals surface area contributed by atoms with Crippen LogP contribution in [0.2, 0.25) is 0 Å². The molecule has 190 valence electrons. The van der Waals surface area contributed by atoms with Gasteiger partial charge in [-0.3, -0.25) is 19.2 Å². The van der Waals surface area contributed by atoms with E-state index in [-0.39, 0.29) is 19.4 Å². The van der Waals surface area contributed by atoms with Gasteiger partial charge in [0.1, 0.15) is 30.4 Å². The van der Waals surface area contributed by atoms with Crippen LogP contribution >= 0.6 is 0 Å². The van der Waals surface area contributed by atoms with Crippen molar-refractivity contribution in [2.45, 2.75) is 82.4 Å². The van der Waals surface area contributed by atoms with Crippen molar-refractivity contribution in [1.82, 2.24) is 16.0 Å². The predicted molar refractivity (Wildman–Crippen MR) is 111 cm³/mol. The molecule has 0 spiro atoms. The lowest BCUT2D eigenvalue weighted by molar-refractivity contribution is -0.267. The average molecular weight is 478 g/mol. The normalized spacial score (nSPS) is 27.8. The fourth-order valence-corrected chi connectivity index (χ4v) is 3.24. The van der Waals surface area contributed by atoms with Crippen LogP contribution in [0, 0.1) is 0 Å². The number of aliphatic hydroxyl groups excluding tert-OH is 3. The molecule has 0 aromatic rings. The Kier molecular flexibility index (Phi) is 11.6. The first-order valence-electron chi connectivity index (χ1n) is 10.5. The molecule has 1 aliphatic rings. The van der Waals surface area contributed by atoms with Gasteiger partial charge in [0, 0.05) is 19.9 Å². The Balaban J connectivity index is 2.68. The molecule has 0 saturated carbocycles. The third-order valence-corrected chi connectivity index (χ3v) is 5.04. The Labute approximate surface area is 190 Å². The van der Waals surface area contributed by atoms with E-state index in [1.165, 1.54) is 13.8 Å². The Morgan fingerprint density at radius 3 is 2.33 bits per heavy atom. The largest absolute Gasteiger partial charge is 0.481 e. The van der Waals surface area contributed by atoms with E-state index in [2.05, 4.69) is 16.0 Å². The molecule has 1 fully saturated rings. The Hall–Kier alpha value is -2.36. The van der Waals surface area contributed by atoms with Crippen LogP contribution in [0.25, 0.3) is 0 Å². The molecule has 0 bridgehead atoms. The molecule has 0 aromatic heterocycles. The second-order valence-corrected chi connectivity index (χ2v) is 7.90. The summed E-state index contributed by atoms with van der Waals surface area (Å²) >= 11 is 0. The number of carboxylic acid groups (broad SMARTS) is 1. The van der Waals surface area contributed by atoms with Gasteiger partial charge < -0.3 is 51.6 Å². The van der Waals surface area contributed by atoms with Gasteiger partial charge in [-0.05, 0) is 20.3 Å². The van der Waals surface area contributed by atoms with Crippen LogP contribution < -0.4 is 21.7 Å². The minimum Gasteiger partial charge on any atom is -0.481 e. The van der Waals surface area contributed by atoms with Gasteiger partial charge in [-0.1, -0.05) is 0 Å². The van der Waals surface area contributed by atoms with Gasteiger partial charge in [0.05, 0.1) is 18.8 Å². The molecule has 1 unspecified atom stereocenters. The molecule has 1 heterocycles. The zero-order valence-corrected chi connectivity index (χ0v) is 18.8. The molecule has 0 aliphatic carbocycles. The number of rotatable bonds is 13. The van der Waals surface area contributed by atoms with Crippen LogP contribution in [0.3, 0.4) is 0 Å². The summed E-state index contributed by atoms with van der Waals surface area (Å²) in [7, 11) is 0. The van der Waals surface area contributed by atoms with E-state index >= 15 is 0 Å². The van der Waals surface area contributed by atoms with E-state index in [1.54, 1.807) is 6.92 Å². The first-order valence-corrected chi connectivity index (χ1v) is 10.5. The van der Waals surface area contributed by atoms with Gasteiger partial charge in [0.25, 0.3) is 0 Å². The van der Waals surface area contributed by atoms with Crippen molar-refractivity contribution in [2.75, 3.05) is 13.2 Å². The number of nitrogens with two attached hydrogens (primary N) is 1. The van der Waals surface area contributed by atoms with Gasteiger partial charge in [-0.15, -0.1) is 0 Å². The predicted octanol–water partition coefficient (Wildman–Crippen LogP) is -3.85. The van der Waals surface area contributed by atoms with Crippen molar-refractivity contribution < 1.29 is 49.1 Å². The molecule has 1 rings (SSSR count). The smallest absolute Gasteiger partial charge is 0.303 e. The number of hydrogen-bond acceptors (Lipinski definition) is 10. The summed E-state index contributed by atoms with van der Waals surface area (Å²) in [6, 6.07) is -3.06. The topological polar surface area (TPSA) is 230 Å². The van der Waals surface area contributed by atoms with Gasteiger partial charge in [0.15, 0.2) is 6.29 Å². The fourth-order valence-electron chi connectivity index (χ4n) is 3.24. The molecule has 9 N–H and O–H groups in total. The Morgan fingerprint density at radius 1 is 1.18 bits per heavy atom. The first kappa shape index (κ1) is 28.7. The molecule has 14 heteroatoms. The average Bonchev–Trinajstić information content (AvgIpc) is 2.73. The van der Waals surface area contributed by atoms with E-state index in [1.807, 2.05) is 0 Å². The SMILES string of the molecule is CC(=O)N[C@@H]1[C@@H](OC(C)CN[C@@H](C)C(=O)N[C@@H](CCC(=O)O)C(N)=O)[C@H](O)[C@@H](CO)O[C@@H]1O. The van der Waals surface area contributed by atoms with Gasteiger partial charge in [-0.2, -0.15) is 0 Å². The van der Waals surface area contributed by atoms with Crippen LogP contribution in [0.5, 0.6) is 0 Å². The number of nitrogens with one attached hydrogen (secondary N) is 3. The number of carbonyl (C=O) groups excluding carboxylic acids is 3. The van der Waals surface area contributed by atoms with Crippen LogP contribution in [-0.2, 0) is 28.7 Å². The highest BCUT2D eigenvalue weighted by Gasteiger charge is 2.46. The van der Waals surface area contributed by atoms with Crippen molar-refractivity contribution in [3.63, 3.8) is 0 Å². The number of ether oxygens (including phenoxy) is 2. The van der Waals surface area contributed by atoms with Crippen LogP contribution in [0.15, 0.2) is 0 Å². The summed E-state index contributed by atoms with van der Waals surface area (Å²) in [4.78, 5) is 45.9. The van der Waals surface area contributed by atoms with Crippen molar-refractivity contribution in [3.05, 3.63) is 0 Å². The lowest BCUT2D eigenvalue weighted by Gasteiger charge is -2.43. The number of hydrogen-bond donors (Lipinski definition) is 8. The van der Waals surface area contributed by atoms with Crippen LogP contribution in [-0.4, -0.2) is 106 Å². The maximum atomic E-state index is 12.3. The highest BCUT2D eigenvalue weighted by Crippen LogP contribution is 2.23. The molecule has 14 nitrogen and oxygen atoms in total. The summed E-state index contributed by atoms with van der Waals surface area (Å²) in [5.74, 6) is -3.07. The highest BCUT2D eigenvalue weighted by molar-refractivity contribution is 5.89. The molecule has 33 heavy (non-hydrogen) atoms. The maximum Gasteiger partial charge on any atom is 0.303 e. The number of aliphatic hydroxyl groups is 3. The molecule has 8 atom stereocenters. The number of carboxylic acids is 1. The monoisotopic (exact) mass is 478 g/mol. The molecular formula is C19H34N4O10. The quantitative estimate of drug-likeness (QED) is 0.128. The molecule has 1 aliphatic heterocycles. The lowest BCUT2D eigenvalue weighted by atomic mass is 9.96. The summed E-state index contributed by atoms with van der Waals surface area (Å²) in [5, 5.41) is 46.4. The minimum atomic E-state index is -1.53. The number of primary amides is 1. The second-order valence-electron chi connectivity index (χ2n) is 7.90. The third kappa shape index (κ3) is 9.19. The minimum absolute atomic E-state index is 0.0850. The van der Waals surface area contributed by atoms with Gasteiger partial charge in [-0.25, -0.2) is 0 Å². The van der Waals surface area contributed by atoms with E-state index in [9.17, 15) is 34.5 Å².